The molecule has 0 saturated carbocycles. The van der Waals surface area contributed by atoms with E-state index in [1.807, 2.05) is 24.3 Å². The standard InChI is InChI=1S/C15H18N2O3/c1-18-12-5-7-13(8-6-12)19-10-3-11-20-14-4-2-9-17-15(14)16/h2,4-9H,3,10-11H2,1H3,(H2,16,17). The molecule has 1 heterocycles. The Labute approximate surface area is 118 Å². The second kappa shape index (κ2) is 7.23. The minimum Gasteiger partial charge on any atom is -0.497 e. The number of ether oxygens (including phenoxy) is 3. The van der Waals surface area contributed by atoms with Crippen LogP contribution in [0.15, 0.2) is 42.6 Å². The van der Waals surface area contributed by atoms with E-state index in [2.05, 4.69) is 4.98 Å². The number of nitrogen functional groups attached to an aromatic ring is 1. The Morgan fingerprint density at radius 2 is 1.70 bits per heavy atom. The summed E-state index contributed by atoms with van der Waals surface area (Å²) in [4.78, 5) is 3.95. The van der Waals surface area contributed by atoms with Gasteiger partial charge in [0.2, 0.25) is 0 Å². The summed E-state index contributed by atoms with van der Waals surface area (Å²) in [6.07, 6.45) is 2.40. The summed E-state index contributed by atoms with van der Waals surface area (Å²) in [5.41, 5.74) is 5.67. The highest BCUT2D eigenvalue weighted by Crippen LogP contribution is 2.18. The van der Waals surface area contributed by atoms with Gasteiger partial charge in [0.25, 0.3) is 0 Å². The zero-order valence-corrected chi connectivity index (χ0v) is 11.4. The van der Waals surface area contributed by atoms with Gasteiger partial charge in [0.15, 0.2) is 11.6 Å². The molecule has 0 aliphatic heterocycles. The fraction of sp³-hybridized carbons (Fsp3) is 0.267. The quantitative estimate of drug-likeness (QED) is 0.786. The van der Waals surface area contributed by atoms with Crippen LogP contribution in [0.25, 0.3) is 0 Å². The molecule has 2 N–H and O–H groups in total. The van der Waals surface area contributed by atoms with E-state index in [-0.39, 0.29) is 0 Å². The highest BCUT2D eigenvalue weighted by atomic mass is 16.5. The van der Waals surface area contributed by atoms with Gasteiger partial charge in [0.1, 0.15) is 11.5 Å². The predicted molar refractivity (Wildman–Crippen MR) is 77.3 cm³/mol. The maximum atomic E-state index is 5.67. The van der Waals surface area contributed by atoms with E-state index in [0.29, 0.717) is 24.8 Å². The van der Waals surface area contributed by atoms with E-state index >= 15 is 0 Å². The summed E-state index contributed by atoms with van der Waals surface area (Å²) < 4.78 is 16.2. The molecule has 106 valence electrons. The van der Waals surface area contributed by atoms with Crippen LogP contribution in [0.1, 0.15) is 6.42 Å². The molecule has 0 fully saturated rings. The minimum atomic E-state index is 0.406. The first-order chi connectivity index (χ1) is 9.79. The number of nitrogens with zero attached hydrogens (tertiary/aromatic N) is 1. The van der Waals surface area contributed by atoms with Crippen molar-refractivity contribution in [1.29, 1.82) is 0 Å². The lowest BCUT2D eigenvalue weighted by Gasteiger charge is -2.09. The first-order valence-corrected chi connectivity index (χ1v) is 6.40. The van der Waals surface area contributed by atoms with E-state index < -0.39 is 0 Å². The topological polar surface area (TPSA) is 66.6 Å². The normalized spacial score (nSPS) is 10.1. The molecule has 0 aliphatic rings. The van der Waals surface area contributed by atoms with Gasteiger partial charge in [0.05, 0.1) is 20.3 Å². The number of anilines is 1. The van der Waals surface area contributed by atoms with Gasteiger partial charge in [-0.05, 0) is 36.4 Å². The Hall–Kier alpha value is -2.43. The molecule has 0 spiro atoms. The van der Waals surface area contributed by atoms with Gasteiger partial charge in [-0.1, -0.05) is 0 Å². The zero-order valence-electron chi connectivity index (χ0n) is 11.4. The molecule has 1 aromatic heterocycles. The fourth-order valence-electron chi connectivity index (χ4n) is 1.63. The third-order valence-electron chi connectivity index (χ3n) is 2.67. The van der Waals surface area contributed by atoms with Crippen molar-refractivity contribution in [2.75, 3.05) is 26.1 Å². The molecular weight excluding hydrogens is 256 g/mol. The monoisotopic (exact) mass is 274 g/mol. The van der Waals surface area contributed by atoms with Crippen molar-refractivity contribution < 1.29 is 14.2 Å². The molecule has 0 atom stereocenters. The molecule has 0 radical (unpaired) electrons. The molecule has 5 heteroatoms. The number of rotatable bonds is 7. The van der Waals surface area contributed by atoms with Crippen molar-refractivity contribution in [3.8, 4) is 17.2 Å². The van der Waals surface area contributed by atoms with Crippen LogP contribution in [0.4, 0.5) is 5.82 Å². The van der Waals surface area contributed by atoms with E-state index in [4.69, 9.17) is 19.9 Å². The van der Waals surface area contributed by atoms with E-state index in [1.54, 1.807) is 25.4 Å². The summed E-state index contributed by atoms with van der Waals surface area (Å²) in [5.74, 6) is 2.64. The van der Waals surface area contributed by atoms with Crippen molar-refractivity contribution in [3.05, 3.63) is 42.6 Å². The molecule has 0 bridgehead atoms. The number of methoxy groups -OCH3 is 1. The van der Waals surface area contributed by atoms with Crippen LogP contribution in [-0.4, -0.2) is 25.3 Å². The van der Waals surface area contributed by atoms with Gasteiger partial charge < -0.3 is 19.9 Å². The Bertz CT molecular complexity index is 529. The molecule has 0 amide bonds. The van der Waals surface area contributed by atoms with Gasteiger partial charge in [-0.3, -0.25) is 0 Å². The predicted octanol–water partition coefficient (Wildman–Crippen LogP) is 2.52. The van der Waals surface area contributed by atoms with Gasteiger partial charge in [-0.15, -0.1) is 0 Å². The first kappa shape index (κ1) is 14.0. The van der Waals surface area contributed by atoms with Crippen LogP contribution in [0, 0.1) is 0 Å². The van der Waals surface area contributed by atoms with Crippen LogP contribution in [0.3, 0.4) is 0 Å². The lowest BCUT2D eigenvalue weighted by Crippen LogP contribution is -2.06. The largest absolute Gasteiger partial charge is 0.497 e. The number of nitrogens with two attached hydrogens (primary N) is 1. The average molecular weight is 274 g/mol. The number of pyridine rings is 1. The molecule has 2 rings (SSSR count). The van der Waals surface area contributed by atoms with Crippen LogP contribution in [-0.2, 0) is 0 Å². The Kier molecular flexibility index (Phi) is 5.06. The first-order valence-electron chi connectivity index (χ1n) is 6.40. The molecule has 5 nitrogen and oxygen atoms in total. The molecule has 20 heavy (non-hydrogen) atoms. The maximum Gasteiger partial charge on any atom is 0.166 e. The third-order valence-corrected chi connectivity index (χ3v) is 2.67. The van der Waals surface area contributed by atoms with E-state index in [0.717, 1.165) is 17.9 Å². The summed E-state index contributed by atoms with van der Waals surface area (Å²) in [6.45, 7) is 1.11. The van der Waals surface area contributed by atoms with Crippen LogP contribution < -0.4 is 19.9 Å². The second-order valence-electron chi connectivity index (χ2n) is 4.11. The summed E-state index contributed by atoms with van der Waals surface area (Å²) >= 11 is 0. The molecule has 0 saturated heterocycles. The average Bonchev–Trinajstić information content (AvgIpc) is 2.49. The number of hydrogen-bond acceptors (Lipinski definition) is 5. The van der Waals surface area contributed by atoms with Crippen LogP contribution in [0.2, 0.25) is 0 Å². The third kappa shape index (κ3) is 4.05. The van der Waals surface area contributed by atoms with Gasteiger partial charge in [-0.2, -0.15) is 0 Å². The van der Waals surface area contributed by atoms with Gasteiger partial charge in [-0.25, -0.2) is 4.98 Å². The summed E-state index contributed by atoms with van der Waals surface area (Å²) in [6, 6.07) is 11.1. The number of hydrogen-bond donors (Lipinski definition) is 1. The van der Waals surface area contributed by atoms with Crippen molar-refractivity contribution in [1.82, 2.24) is 4.98 Å². The van der Waals surface area contributed by atoms with E-state index in [1.165, 1.54) is 0 Å². The minimum absolute atomic E-state index is 0.406. The summed E-state index contributed by atoms with van der Waals surface area (Å²) in [5, 5.41) is 0. The lowest BCUT2D eigenvalue weighted by atomic mass is 10.3. The van der Waals surface area contributed by atoms with E-state index in [9.17, 15) is 0 Å². The molecule has 0 aliphatic carbocycles. The van der Waals surface area contributed by atoms with Crippen LogP contribution >= 0.6 is 0 Å². The van der Waals surface area contributed by atoms with Crippen molar-refractivity contribution in [3.63, 3.8) is 0 Å². The fourth-order valence-corrected chi connectivity index (χ4v) is 1.63. The lowest BCUT2D eigenvalue weighted by molar-refractivity contribution is 0.247. The van der Waals surface area contributed by atoms with Crippen molar-refractivity contribution in [2.24, 2.45) is 0 Å². The Morgan fingerprint density at radius 1 is 1.00 bits per heavy atom. The van der Waals surface area contributed by atoms with Crippen molar-refractivity contribution >= 4 is 5.82 Å². The number of aromatic nitrogens is 1. The Balaban J connectivity index is 1.67. The Morgan fingerprint density at radius 3 is 2.40 bits per heavy atom. The summed E-state index contributed by atoms with van der Waals surface area (Å²) in [7, 11) is 1.64. The highest BCUT2D eigenvalue weighted by Gasteiger charge is 2.00. The molecule has 2 aromatic rings. The SMILES string of the molecule is COc1ccc(OCCCOc2cccnc2N)cc1. The smallest absolute Gasteiger partial charge is 0.166 e. The molecule has 1 aromatic carbocycles. The molecule has 0 unspecified atom stereocenters. The zero-order chi connectivity index (χ0) is 14.2. The van der Waals surface area contributed by atoms with Gasteiger partial charge in [0, 0.05) is 12.6 Å². The maximum absolute atomic E-state index is 5.67. The molecular formula is C15H18N2O3. The second-order valence-corrected chi connectivity index (χ2v) is 4.11. The van der Waals surface area contributed by atoms with Crippen molar-refractivity contribution in [2.45, 2.75) is 6.42 Å². The van der Waals surface area contributed by atoms with Crippen LogP contribution in [0.5, 0.6) is 17.2 Å². The van der Waals surface area contributed by atoms with Gasteiger partial charge >= 0.3 is 0 Å². The highest BCUT2D eigenvalue weighted by molar-refractivity contribution is 5.44. The number of benzene rings is 1.